The first-order valence-electron chi connectivity index (χ1n) is 8.31. The predicted octanol–water partition coefficient (Wildman–Crippen LogP) is 5.60. The van der Waals surface area contributed by atoms with Crippen LogP contribution in [-0.4, -0.2) is 22.4 Å². The Balaban J connectivity index is 1.96. The van der Waals surface area contributed by atoms with Crippen LogP contribution in [0.25, 0.3) is 0 Å². The first kappa shape index (κ1) is 20.5. The maximum Gasteiger partial charge on any atom is 0.261 e. The Hall–Kier alpha value is -2.20. The second-order valence-corrected chi connectivity index (χ2v) is 7.90. The van der Waals surface area contributed by atoms with Gasteiger partial charge < -0.3 is 10.1 Å². The van der Waals surface area contributed by atoms with Gasteiger partial charge in [-0.25, -0.2) is 4.39 Å². The van der Waals surface area contributed by atoms with Crippen molar-refractivity contribution < 1.29 is 13.9 Å². The van der Waals surface area contributed by atoms with Gasteiger partial charge in [-0.2, -0.15) is 0 Å². The second kappa shape index (κ2) is 8.87. The second-order valence-electron chi connectivity index (χ2n) is 5.99. The van der Waals surface area contributed by atoms with Crippen molar-refractivity contribution in [2.24, 2.45) is 0 Å². The fraction of sp³-hybridized carbons (Fsp3) is 0.150. The van der Waals surface area contributed by atoms with E-state index in [4.69, 9.17) is 4.74 Å². The van der Waals surface area contributed by atoms with Crippen molar-refractivity contribution >= 4 is 45.9 Å². The lowest BCUT2D eigenvalue weighted by molar-refractivity contribution is 0.102. The molecule has 1 N–H and O–H groups in total. The monoisotopic (exact) mass is 509 g/mol. The Morgan fingerprint density at radius 3 is 2.68 bits per heavy atom. The van der Waals surface area contributed by atoms with Gasteiger partial charge in [0.05, 0.1) is 0 Å². The molecule has 0 fully saturated rings. The van der Waals surface area contributed by atoms with Gasteiger partial charge in [-0.3, -0.25) is 4.79 Å². The summed E-state index contributed by atoms with van der Waals surface area (Å²) in [6, 6.07) is 11.7. The number of benzene rings is 2. The zero-order valence-corrected chi connectivity index (χ0v) is 18.4. The van der Waals surface area contributed by atoms with Gasteiger partial charge in [0.1, 0.15) is 20.8 Å². The molecular weight excluding hydrogens is 492 g/mol. The number of carbonyl (C=O) groups is 1. The van der Waals surface area contributed by atoms with E-state index in [1.807, 2.05) is 53.1 Å². The molecule has 0 atom stereocenters. The Morgan fingerprint density at radius 2 is 1.96 bits per heavy atom. The van der Waals surface area contributed by atoms with Crippen LogP contribution in [0.15, 0.2) is 47.4 Å². The summed E-state index contributed by atoms with van der Waals surface area (Å²) in [6.07, 6.45) is 1.97. The predicted molar refractivity (Wildman–Crippen MR) is 117 cm³/mol. The number of nitrogens with one attached hydrogen (secondary N) is 1. The molecule has 144 valence electrons. The molecule has 1 amide bonds. The molecule has 3 aromatic rings. The summed E-state index contributed by atoms with van der Waals surface area (Å²) < 4.78 is 19.8. The van der Waals surface area contributed by atoms with Gasteiger partial charge >= 0.3 is 0 Å². The van der Waals surface area contributed by atoms with Crippen LogP contribution in [0.5, 0.6) is 11.6 Å². The lowest BCUT2D eigenvalue weighted by Crippen LogP contribution is -2.17. The van der Waals surface area contributed by atoms with Crippen LogP contribution < -0.4 is 10.1 Å². The number of aryl methyl sites for hydroxylation is 1. The van der Waals surface area contributed by atoms with E-state index in [2.05, 4.69) is 15.5 Å². The molecule has 0 unspecified atom stereocenters. The van der Waals surface area contributed by atoms with E-state index in [9.17, 15) is 9.18 Å². The SMILES string of the molecule is CSc1cccc(NC(=O)c2c(Oc3ccc(F)cc3C)nnc(I)c2C)c1. The molecule has 1 aromatic heterocycles. The van der Waals surface area contributed by atoms with Gasteiger partial charge in [0.2, 0.25) is 0 Å². The first-order chi connectivity index (χ1) is 13.4. The molecular formula is C20H17FIN3O2S. The molecule has 0 aliphatic heterocycles. The number of halogens is 2. The van der Waals surface area contributed by atoms with Crippen LogP contribution in [0.4, 0.5) is 10.1 Å². The van der Waals surface area contributed by atoms with Crippen LogP contribution in [0.2, 0.25) is 0 Å². The van der Waals surface area contributed by atoms with E-state index in [0.717, 1.165) is 4.90 Å². The van der Waals surface area contributed by atoms with Crippen LogP contribution in [0.3, 0.4) is 0 Å². The van der Waals surface area contributed by atoms with E-state index in [1.165, 1.54) is 18.2 Å². The summed E-state index contributed by atoms with van der Waals surface area (Å²) in [5, 5.41) is 11.0. The smallest absolute Gasteiger partial charge is 0.261 e. The summed E-state index contributed by atoms with van der Waals surface area (Å²) >= 11 is 3.61. The van der Waals surface area contributed by atoms with Crippen molar-refractivity contribution in [3.8, 4) is 11.6 Å². The topological polar surface area (TPSA) is 64.1 Å². The van der Waals surface area contributed by atoms with Gasteiger partial charge in [-0.1, -0.05) is 6.07 Å². The molecule has 0 spiro atoms. The Morgan fingerprint density at radius 1 is 1.18 bits per heavy atom. The number of carbonyl (C=O) groups excluding carboxylic acids is 1. The van der Waals surface area contributed by atoms with Gasteiger partial charge in [0.15, 0.2) is 0 Å². The highest BCUT2D eigenvalue weighted by Crippen LogP contribution is 2.30. The molecule has 1 heterocycles. The maximum absolute atomic E-state index is 13.4. The van der Waals surface area contributed by atoms with Crippen molar-refractivity contribution in [2.75, 3.05) is 11.6 Å². The van der Waals surface area contributed by atoms with Gasteiger partial charge in [0, 0.05) is 16.1 Å². The number of anilines is 1. The minimum atomic E-state index is -0.360. The van der Waals surface area contributed by atoms with Crippen molar-refractivity contribution in [1.82, 2.24) is 10.2 Å². The molecule has 28 heavy (non-hydrogen) atoms. The lowest BCUT2D eigenvalue weighted by Gasteiger charge is -2.14. The fourth-order valence-electron chi connectivity index (χ4n) is 2.54. The van der Waals surface area contributed by atoms with Gasteiger partial charge in [-0.05, 0) is 84.7 Å². The standard InChI is InChI=1S/C20H17FIN3O2S/c1-11-9-13(21)7-8-16(11)27-20-17(12(2)18(22)24-25-20)19(26)23-14-5-4-6-15(10-14)28-3/h4-10H,1-3H3,(H,23,26). The molecule has 0 aliphatic rings. The lowest BCUT2D eigenvalue weighted by atomic mass is 10.1. The largest absolute Gasteiger partial charge is 0.437 e. The molecule has 0 bridgehead atoms. The number of amides is 1. The number of thioether (sulfide) groups is 1. The van der Waals surface area contributed by atoms with E-state index >= 15 is 0 Å². The van der Waals surface area contributed by atoms with Crippen LogP contribution in [0, 0.1) is 23.4 Å². The molecule has 2 aromatic carbocycles. The van der Waals surface area contributed by atoms with E-state index < -0.39 is 0 Å². The third kappa shape index (κ3) is 4.61. The van der Waals surface area contributed by atoms with Crippen molar-refractivity contribution in [3.05, 3.63) is 68.7 Å². The molecule has 0 radical (unpaired) electrons. The number of rotatable bonds is 5. The van der Waals surface area contributed by atoms with Crippen LogP contribution in [0.1, 0.15) is 21.5 Å². The fourth-order valence-corrected chi connectivity index (χ4v) is 3.38. The highest BCUT2D eigenvalue weighted by molar-refractivity contribution is 14.1. The van der Waals surface area contributed by atoms with Crippen molar-refractivity contribution in [3.63, 3.8) is 0 Å². The minimum Gasteiger partial charge on any atom is -0.437 e. The summed E-state index contributed by atoms with van der Waals surface area (Å²) in [6.45, 7) is 3.51. The molecule has 3 rings (SSSR count). The number of hydrogen-bond donors (Lipinski definition) is 1. The number of aromatic nitrogens is 2. The normalized spacial score (nSPS) is 10.6. The maximum atomic E-state index is 13.4. The minimum absolute atomic E-state index is 0.0751. The number of ether oxygens (including phenoxy) is 1. The third-order valence-electron chi connectivity index (χ3n) is 4.03. The summed E-state index contributed by atoms with van der Waals surface area (Å²) in [4.78, 5) is 14.0. The Labute approximate surface area is 180 Å². The van der Waals surface area contributed by atoms with Crippen molar-refractivity contribution in [1.29, 1.82) is 0 Å². The molecule has 0 aliphatic carbocycles. The summed E-state index contributed by atoms with van der Waals surface area (Å²) in [5.74, 6) is -0.222. The quantitative estimate of drug-likeness (QED) is 0.358. The van der Waals surface area contributed by atoms with E-state index in [-0.39, 0.29) is 23.2 Å². The van der Waals surface area contributed by atoms with Crippen LogP contribution in [-0.2, 0) is 0 Å². The van der Waals surface area contributed by atoms with E-state index in [1.54, 1.807) is 25.6 Å². The average molecular weight is 509 g/mol. The van der Waals surface area contributed by atoms with Gasteiger partial charge in [-0.15, -0.1) is 22.0 Å². The van der Waals surface area contributed by atoms with Crippen molar-refractivity contribution in [2.45, 2.75) is 18.7 Å². The molecule has 0 saturated carbocycles. The number of nitrogens with zero attached hydrogens (tertiary/aromatic N) is 2. The summed E-state index contributed by atoms with van der Waals surface area (Å²) in [5.41, 5.74) is 2.21. The Bertz CT molecular complexity index is 1050. The zero-order chi connectivity index (χ0) is 20.3. The average Bonchev–Trinajstić information content (AvgIpc) is 2.67. The zero-order valence-electron chi connectivity index (χ0n) is 15.4. The molecule has 5 nitrogen and oxygen atoms in total. The molecule has 0 saturated heterocycles. The highest BCUT2D eigenvalue weighted by atomic mass is 127. The Kier molecular flexibility index (Phi) is 6.50. The summed E-state index contributed by atoms with van der Waals surface area (Å²) in [7, 11) is 0. The van der Waals surface area contributed by atoms with Crippen LogP contribution >= 0.6 is 34.4 Å². The molecule has 8 heteroatoms. The first-order valence-corrected chi connectivity index (χ1v) is 10.6. The third-order valence-corrected chi connectivity index (χ3v) is 5.78. The highest BCUT2D eigenvalue weighted by Gasteiger charge is 2.22. The van der Waals surface area contributed by atoms with E-state index in [0.29, 0.717) is 26.3 Å². The van der Waals surface area contributed by atoms with Gasteiger partial charge in [0.25, 0.3) is 11.8 Å². The number of hydrogen-bond acceptors (Lipinski definition) is 5.